The van der Waals surface area contributed by atoms with Crippen LogP contribution in [0.15, 0.2) is 82.8 Å². The van der Waals surface area contributed by atoms with Crippen LogP contribution in [0.4, 0.5) is 11.4 Å². The molecule has 0 aromatic heterocycles. The Morgan fingerprint density at radius 2 is 0.895 bits per heavy atom. The number of benzene rings is 4. The summed E-state index contributed by atoms with van der Waals surface area (Å²) in [6.07, 6.45) is 10.6. The molecule has 11 heteroatoms. The Morgan fingerprint density at radius 1 is 0.561 bits per heavy atom. The zero-order valence-corrected chi connectivity index (χ0v) is 35.0. The van der Waals surface area contributed by atoms with Crippen molar-refractivity contribution in [1.29, 1.82) is 0 Å². The number of carboxylic acids is 2. The largest absolute Gasteiger partial charge is 2.00 e. The van der Waals surface area contributed by atoms with Gasteiger partial charge in [0.2, 0.25) is 0 Å². The van der Waals surface area contributed by atoms with Gasteiger partial charge in [0.05, 0.1) is 33.9 Å². The first-order valence-electron chi connectivity index (χ1n) is 19.7. The fourth-order valence-electron chi connectivity index (χ4n) is 6.27. The van der Waals surface area contributed by atoms with Crippen LogP contribution in [0.5, 0.6) is 23.0 Å². The molecule has 0 aliphatic rings. The number of carbonyl (C=O) groups is 2. The van der Waals surface area contributed by atoms with E-state index in [1.807, 2.05) is 50.2 Å². The average molecular weight is 826 g/mol. The van der Waals surface area contributed by atoms with Crippen molar-refractivity contribution in [2.75, 3.05) is 0 Å². The van der Waals surface area contributed by atoms with Crippen molar-refractivity contribution in [3.63, 3.8) is 0 Å². The molecule has 0 atom stereocenters. The van der Waals surface area contributed by atoms with Gasteiger partial charge >= 0.3 is 28.4 Å². The molecule has 4 aromatic carbocycles. The number of aromatic carboxylic acids is 2. The maximum Gasteiger partial charge on any atom is 2.00 e. The molecule has 0 saturated heterocycles. The molecule has 0 unspecified atom stereocenters. The number of aryl methyl sites for hydroxylation is 2. The molecule has 10 nitrogen and oxygen atoms in total. The van der Waals surface area contributed by atoms with E-state index < -0.39 is 34.9 Å². The minimum atomic E-state index is -1.27. The first kappa shape index (κ1) is 49.9. The molecule has 4 N–H and O–H groups in total. The van der Waals surface area contributed by atoms with Crippen molar-refractivity contribution in [2.45, 2.75) is 119 Å². The van der Waals surface area contributed by atoms with Gasteiger partial charge in [-0.05, 0) is 110 Å². The average Bonchev–Trinajstić information content (AvgIpc) is 3.18. The molecule has 0 saturated carbocycles. The molecular formula is C46H58N2NiO8. The van der Waals surface area contributed by atoms with Crippen molar-refractivity contribution >= 4 is 34.7 Å². The van der Waals surface area contributed by atoms with Crippen LogP contribution in [0, 0.1) is 0 Å². The monoisotopic (exact) mass is 824 g/mol. The van der Waals surface area contributed by atoms with Gasteiger partial charge in [-0.25, -0.2) is 9.59 Å². The van der Waals surface area contributed by atoms with Crippen LogP contribution in [0.2, 0.25) is 0 Å². The number of hydrogen-bond acceptors (Lipinski definition) is 8. The Bertz CT molecular complexity index is 1770. The molecule has 4 aromatic rings. The smallest absolute Gasteiger partial charge is 0.869 e. The minimum Gasteiger partial charge on any atom is -0.869 e. The van der Waals surface area contributed by atoms with E-state index in [9.17, 15) is 30.0 Å². The van der Waals surface area contributed by atoms with Crippen molar-refractivity contribution in [1.82, 2.24) is 0 Å². The van der Waals surface area contributed by atoms with Crippen molar-refractivity contribution < 1.29 is 56.7 Å². The number of unbranched alkanes of at least 4 members (excludes halogenated alkanes) is 2. The third-order valence-corrected chi connectivity index (χ3v) is 9.00. The normalized spacial score (nSPS) is 11.1. The topological polar surface area (TPSA) is 186 Å². The summed E-state index contributed by atoms with van der Waals surface area (Å²) in [5.41, 5.74) is 6.31. The van der Waals surface area contributed by atoms with Crippen LogP contribution in [0.3, 0.4) is 0 Å². The predicted octanol–water partition coefficient (Wildman–Crippen LogP) is 10.3. The van der Waals surface area contributed by atoms with Gasteiger partial charge in [-0.15, -0.1) is 0 Å². The van der Waals surface area contributed by atoms with E-state index in [0.29, 0.717) is 36.8 Å². The Kier molecular flexibility index (Phi) is 23.3. The summed E-state index contributed by atoms with van der Waals surface area (Å²) >= 11 is 0. The quantitative estimate of drug-likeness (QED) is 0.0598. The predicted molar refractivity (Wildman–Crippen MR) is 222 cm³/mol. The van der Waals surface area contributed by atoms with Gasteiger partial charge in [-0.1, -0.05) is 115 Å². The van der Waals surface area contributed by atoms with E-state index in [1.165, 1.54) is 25.0 Å². The number of phenolic OH excluding ortho intramolecular Hbond substituents is 2. The van der Waals surface area contributed by atoms with E-state index in [1.54, 1.807) is 13.8 Å². The van der Waals surface area contributed by atoms with E-state index in [2.05, 4.69) is 38.1 Å². The third-order valence-electron chi connectivity index (χ3n) is 9.00. The van der Waals surface area contributed by atoms with Crippen molar-refractivity contribution in [3.05, 3.63) is 106 Å². The standard InChI is InChI=1S/C22H28N2.2C12H16O4.Ni/c1-3-5-17-21(23-19-13-9-7-10-14-19)22(18-6-4-2)24-20-15-11-8-12-16-20;2*1-3-5-7-6-9(13)11(14)10(12(15)16)8(7)4-2;/h7-16H,3-6,17-18H2,1-2H3;2*6,13-14H,3-5H2,1-2H3,(H,15,16);/q;;;+2/p-2. The molecule has 0 aliphatic carbocycles. The number of aliphatic imine (C=N–C) groups is 2. The fraction of sp³-hybridized carbons (Fsp3) is 0.391. The second-order valence-electron chi connectivity index (χ2n) is 13.3. The Labute approximate surface area is 348 Å². The van der Waals surface area contributed by atoms with Crippen molar-refractivity contribution in [3.8, 4) is 23.0 Å². The van der Waals surface area contributed by atoms with Gasteiger partial charge in [0.25, 0.3) is 0 Å². The van der Waals surface area contributed by atoms with Gasteiger partial charge in [0.15, 0.2) is 0 Å². The number of hydrogen-bond donors (Lipinski definition) is 4. The molecule has 310 valence electrons. The van der Waals surface area contributed by atoms with Crippen LogP contribution < -0.4 is 10.2 Å². The van der Waals surface area contributed by atoms with Crippen LogP contribution in [-0.2, 0) is 42.2 Å². The van der Waals surface area contributed by atoms with Crippen LogP contribution in [-0.4, -0.2) is 43.8 Å². The first-order chi connectivity index (χ1) is 26.9. The number of carboxylic acid groups (broad SMARTS) is 2. The molecule has 4 rings (SSSR count). The number of nitrogens with zero attached hydrogens (tertiary/aromatic N) is 2. The fourth-order valence-corrected chi connectivity index (χ4v) is 6.27. The van der Waals surface area contributed by atoms with Gasteiger partial charge in [-0.3, -0.25) is 9.98 Å². The molecule has 0 bridgehead atoms. The minimum absolute atomic E-state index is 0. The van der Waals surface area contributed by atoms with E-state index in [0.717, 1.165) is 72.4 Å². The zero-order chi connectivity index (χ0) is 41.6. The summed E-state index contributed by atoms with van der Waals surface area (Å²) < 4.78 is 0. The van der Waals surface area contributed by atoms with Gasteiger partial charge in [-0.2, -0.15) is 0 Å². The number of aromatic hydroxyl groups is 2. The van der Waals surface area contributed by atoms with Crippen LogP contribution in [0.25, 0.3) is 0 Å². The SMILES string of the molecule is CCCCC(=Nc1ccccc1)C(CCCC)=Nc1ccccc1.CCCc1cc(O)c([O-])c(C(=O)O)c1CC.CCCc1cc(O)c([O-])c(C(=O)O)c1CC.[Ni+2]. The first-order valence-corrected chi connectivity index (χ1v) is 19.7. The maximum absolute atomic E-state index is 11.5. The molecule has 0 amide bonds. The summed E-state index contributed by atoms with van der Waals surface area (Å²) in [5, 5.41) is 59.8. The van der Waals surface area contributed by atoms with Crippen molar-refractivity contribution in [2.24, 2.45) is 9.98 Å². The number of para-hydroxylation sites is 2. The number of rotatable bonds is 17. The summed E-state index contributed by atoms with van der Waals surface area (Å²) in [6.45, 7) is 12.0. The Morgan fingerprint density at radius 3 is 1.16 bits per heavy atom. The molecule has 0 fully saturated rings. The second-order valence-corrected chi connectivity index (χ2v) is 13.3. The summed E-state index contributed by atoms with van der Waals surface area (Å²) in [6, 6.07) is 23.2. The number of phenols is 2. The third kappa shape index (κ3) is 15.4. The summed E-state index contributed by atoms with van der Waals surface area (Å²) in [7, 11) is 0. The molecule has 0 spiro atoms. The molecule has 0 radical (unpaired) electrons. The van der Waals surface area contributed by atoms with E-state index in [4.69, 9.17) is 20.2 Å². The second kappa shape index (κ2) is 26.7. The van der Waals surface area contributed by atoms with Crippen LogP contribution in [0.1, 0.15) is 136 Å². The summed E-state index contributed by atoms with van der Waals surface area (Å²) in [4.78, 5) is 31.9. The maximum atomic E-state index is 11.5. The molecule has 0 aliphatic heterocycles. The van der Waals surface area contributed by atoms with Crippen LogP contribution >= 0.6 is 0 Å². The molecule has 57 heavy (non-hydrogen) atoms. The van der Waals surface area contributed by atoms with Gasteiger partial charge in [0, 0.05) is 0 Å². The van der Waals surface area contributed by atoms with Gasteiger partial charge < -0.3 is 30.6 Å². The Hall–Kier alpha value is -5.15. The Balaban J connectivity index is 0.000000438. The van der Waals surface area contributed by atoms with E-state index >= 15 is 0 Å². The van der Waals surface area contributed by atoms with Gasteiger partial charge in [0.1, 0.15) is 11.5 Å². The zero-order valence-electron chi connectivity index (χ0n) is 34.0. The molecule has 0 heterocycles. The summed E-state index contributed by atoms with van der Waals surface area (Å²) in [5.74, 6) is -5.06. The molecular weight excluding hydrogens is 767 g/mol. The van der Waals surface area contributed by atoms with E-state index in [-0.39, 0.29) is 27.6 Å².